The molecule has 9 nitrogen and oxygen atoms in total. The molecule has 0 aliphatic carbocycles. The van der Waals surface area contributed by atoms with Crippen molar-refractivity contribution >= 4 is 22.9 Å². The Morgan fingerprint density at radius 1 is 0.955 bits per heavy atom. The molecule has 0 N–H and O–H groups in total. The highest BCUT2D eigenvalue weighted by Crippen LogP contribution is 2.38. The summed E-state index contributed by atoms with van der Waals surface area (Å²) in [5.74, 6) is 1.45. The molecule has 1 unspecified atom stereocenters. The van der Waals surface area contributed by atoms with Gasteiger partial charge in [-0.15, -0.1) is 5.10 Å². The summed E-state index contributed by atoms with van der Waals surface area (Å²) in [4.78, 5) is 28.3. The lowest BCUT2D eigenvalue weighted by Crippen LogP contribution is -2.36. The van der Waals surface area contributed by atoms with Crippen LogP contribution in [0.4, 0.5) is 0 Å². The molecule has 44 heavy (non-hydrogen) atoms. The molecule has 6 rings (SSSR count). The van der Waals surface area contributed by atoms with Crippen LogP contribution in [0.15, 0.2) is 84.9 Å². The van der Waals surface area contributed by atoms with Gasteiger partial charge >= 0.3 is 5.97 Å². The molecule has 1 aliphatic rings. The lowest BCUT2D eigenvalue weighted by molar-refractivity contribution is -0.143. The Morgan fingerprint density at radius 3 is 2.48 bits per heavy atom. The maximum Gasteiger partial charge on any atom is 0.306 e. The molecule has 1 atom stereocenters. The highest BCUT2D eigenvalue weighted by Gasteiger charge is 2.29. The molecule has 2 heterocycles. The number of methoxy groups -OCH3 is 1. The molecule has 224 valence electrons. The topological polar surface area (TPSA) is 95.8 Å². The van der Waals surface area contributed by atoms with Crippen molar-refractivity contribution in [2.24, 2.45) is 7.05 Å². The largest absolute Gasteiger partial charge is 0.494 e. The van der Waals surface area contributed by atoms with E-state index >= 15 is 0 Å². The molecule has 4 aromatic carbocycles. The number of aromatic nitrogens is 3. The van der Waals surface area contributed by atoms with Gasteiger partial charge in [0.25, 0.3) is 5.91 Å². The van der Waals surface area contributed by atoms with E-state index in [1.807, 2.05) is 72.6 Å². The van der Waals surface area contributed by atoms with Crippen LogP contribution in [-0.4, -0.2) is 52.0 Å². The minimum Gasteiger partial charge on any atom is -0.494 e. The fourth-order valence-corrected chi connectivity index (χ4v) is 5.94. The molecule has 9 heteroatoms. The minimum absolute atomic E-state index is 0.0340. The fourth-order valence-electron chi connectivity index (χ4n) is 5.94. The molecule has 0 fully saturated rings. The molecule has 1 aliphatic heterocycles. The molecule has 1 amide bonds. The number of para-hydroxylation sites is 1. The lowest BCUT2D eigenvalue weighted by Gasteiger charge is -2.32. The number of hydrogen-bond acceptors (Lipinski definition) is 7. The number of carbonyl (C=O) groups is 2. The van der Waals surface area contributed by atoms with Gasteiger partial charge in [-0.1, -0.05) is 41.6 Å². The van der Waals surface area contributed by atoms with Crippen LogP contribution in [-0.2, 0) is 29.5 Å². The maximum atomic E-state index is 13.5. The van der Waals surface area contributed by atoms with Gasteiger partial charge in [0.05, 0.1) is 20.1 Å². The Hall–Kier alpha value is -5.18. The van der Waals surface area contributed by atoms with E-state index in [0.29, 0.717) is 48.7 Å². The number of carbonyl (C=O) groups excluding carboxylic acids is 2. The third kappa shape index (κ3) is 5.86. The Kier molecular flexibility index (Phi) is 8.27. The standard InChI is InChI=1S/C35H34N4O5/c1-4-43-33(40)21-30(25-19-31-34(32(20-25)42-3)38(2)37-36-31)29-12-8-9-24-22-39(18-17-28(24)29)35(41)23-13-15-27(16-14-23)44-26-10-6-5-7-11-26/h5-16,19-20,30H,4,17-18,21-22H2,1-3H3. The predicted octanol–water partition coefficient (Wildman–Crippen LogP) is 6.05. The van der Waals surface area contributed by atoms with Crippen molar-refractivity contribution in [1.82, 2.24) is 19.9 Å². The number of nitrogens with zero attached hydrogens (tertiary/aromatic N) is 4. The van der Waals surface area contributed by atoms with Crippen LogP contribution in [0.1, 0.15) is 51.9 Å². The molecule has 0 saturated heterocycles. The summed E-state index contributed by atoms with van der Waals surface area (Å²) in [5, 5.41) is 8.48. The SMILES string of the molecule is CCOC(=O)CC(c1cc(OC)c2c(c1)nnn2C)c1cccc2c1CCN(C(=O)c1ccc(Oc3ccccc3)cc1)C2. The summed E-state index contributed by atoms with van der Waals surface area (Å²) in [6.07, 6.45) is 0.829. The number of benzene rings is 4. The average Bonchev–Trinajstić information content (AvgIpc) is 3.43. The first-order chi connectivity index (χ1) is 21.4. The molecular weight excluding hydrogens is 556 g/mol. The van der Waals surface area contributed by atoms with E-state index in [1.54, 1.807) is 30.8 Å². The van der Waals surface area contributed by atoms with Crippen molar-refractivity contribution in [3.05, 3.63) is 113 Å². The molecule has 0 saturated carbocycles. The zero-order chi connectivity index (χ0) is 30.6. The maximum absolute atomic E-state index is 13.5. The molecule has 1 aromatic heterocycles. The molecule has 5 aromatic rings. The molecule has 0 bridgehead atoms. The molecular formula is C35H34N4O5. The van der Waals surface area contributed by atoms with Gasteiger partial charge in [0.2, 0.25) is 0 Å². The number of rotatable bonds is 9. The second-order valence-corrected chi connectivity index (χ2v) is 10.8. The van der Waals surface area contributed by atoms with Crippen LogP contribution in [0.2, 0.25) is 0 Å². The number of amides is 1. The van der Waals surface area contributed by atoms with Crippen LogP contribution in [0.25, 0.3) is 11.0 Å². The first-order valence-corrected chi connectivity index (χ1v) is 14.7. The van der Waals surface area contributed by atoms with Gasteiger partial charge in [-0.3, -0.25) is 9.59 Å². The van der Waals surface area contributed by atoms with Crippen molar-refractivity contribution in [2.45, 2.75) is 32.2 Å². The van der Waals surface area contributed by atoms with E-state index in [1.165, 1.54) is 0 Å². The van der Waals surface area contributed by atoms with Gasteiger partial charge in [0, 0.05) is 31.6 Å². The van der Waals surface area contributed by atoms with Crippen molar-refractivity contribution in [3.63, 3.8) is 0 Å². The van der Waals surface area contributed by atoms with Crippen LogP contribution >= 0.6 is 0 Å². The third-order valence-electron chi connectivity index (χ3n) is 8.03. The smallest absolute Gasteiger partial charge is 0.306 e. The summed E-state index contributed by atoms with van der Waals surface area (Å²) in [7, 11) is 3.44. The van der Waals surface area contributed by atoms with Crippen LogP contribution in [0.5, 0.6) is 17.2 Å². The van der Waals surface area contributed by atoms with E-state index in [-0.39, 0.29) is 24.2 Å². The highest BCUT2D eigenvalue weighted by molar-refractivity contribution is 5.94. The zero-order valence-electron chi connectivity index (χ0n) is 25.0. The number of esters is 1. The van der Waals surface area contributed by atoms with Gasteiger partial charge in [-0.25, -0.2) is 4.68 Å². The van der Waals surface area contributed by atoms with E-state index in [9.17, 15) is 9.59 Å². The minimum atomic E-state index is -0.288. The zero-order valence-corrected chi connectivity index (χ0v) is 25.0. The van der Waals surface area contributed by atoms with Gasteiger partial charge < -0.3 is 19.1 Å². The normalized spacial score (nSPS) is 13.3. The van der Waals surface area contributed by atoms with Gasteiger partial charge in [0.1, 0.15) is 28.3 Å². The first kappa shape index (κ1) is 28.9. The summed E-state index contributed by atoms with van der Waals surface area (Å²) in [6, 6.07) is 26.8. The Bertz CT molecular complexity index is 1800. The summed E-state index contributed by atoms with van der Waals surface area (Å²) in [6.45, 7) is 3.15. The summed E-state index contributed by atoms with van der Waals surface area (Å²) < 4.78 is 18.7. The quantitative estimate of drug-likeness (QED) is 0.193. The van der Waals surface area contributed by atoms with Gasteiger partial charge in [0.15, 0.2) is 0 Å². The Balaban J connectivity index is 1.27. The van der Waals surface area contributed by atoms with E-state index in [0.717, 1.165) is 33.5 Å². The number of ether oxygens (including phenoxy) is 3. The number of aryl methyl sites for hydroxylation is 1. The van der Waals surface area contributed by atoms with E-state index < -0.39 is 0 Å². The number of hydrogen-bond donors (Lipinski definition) is 0. The molecule has 0 radical (unpaired) electrons. The van der Waals surface area contributed by atoms with Crippen molar-refractivity contribution in [2.75, 3.05) is 20.3 Å². The van der Waals surface area contributed by atoms with Gasteiger partial charge in [-0.2, -0.15) is 0 Å². The Morgan fingerprint density at radius 2 is 1.73 bits per heavy atom. The average molecular weight is 591 g/mol. The van der Waals surface area contributed by atoms with Crippen molar-refractivity contribution in [1.29, 1.82) is 0 Å². The van der Waals surface area contributed by atoms with Crippen LogP contribution < -0.4 is 9.47 Å². The van der Waals surface area contributed by atoms with Gasteiger partial charge in [-0.05, 0) is 84.1 Å². The summed E-state index contributed by atoms with van der Waals surface area (Å²) >= 11 is 0. The fraction of sp³-hybridized carbons (Fsp3) is 0.257. The van der Waals surface area contributed by atoms with Crippen LogP contribution in [0.3, 0.4) is 0 Å². The second-order valence-electron chi connectivity index (χ2n) is 10.8. The predicted molar refractivity (Wildman–Crippen MR) is 166 cm³/mol. The highest BCUT2D eigenvalue weighted by atomic mass is 16.5. The first-order valence-electron chi connectivity index (χ1n) is 14.7. The monoisotopic (exact) mass is 590 g/mol. The van der Waals surface area contributed by atoms with Crippen molar-refractivity contribution < 1.29 is 23.8 Å². The van der Waals surface area contributed by atoms with Crippen molar-refractivity contribution in [3.8, 4) is 17.2 Å². The third-order valence-corrected chi connectivity index (χ3v) is 8.03. The van der Waals surface area contributed by atoms with E-state index in [2.05, 4.69) is 22.4 Å². The number of fused-ring (bicyclic) bond motifs is 2. The molecule has 0 spiro atoms. The lowest BCUT2D eigenvalue weighted by atomic mass is 9.82. The summed E-state index contributed by atoms with van der Waals surface area (Å²) in [5.41, 5.74) is 6.23. The van der Waals surface area contributed by atoms with Crippen LogP contribution in [0, 0.1) is 0 Å². The second kappa shape index (κ2) is 12.6. The van der Waals surface area contributed by atoms with E-state index in [4.69, 9.17) is 14.2 Å². The Labute approximate surface area is 256 Å².